The lowest BCUT2D eigenvalue weighted by atomic mass is 10.2. The summed E-state index contributed by atoms with van der Waals surface area (Å²) in [5, 5.41) is 0.695. The maximum atomic E-state index is 10.7. The van der Waals surface area contributed by atoms with Gasteiger partial charge in [0.25, 0.3) is 0 Å². The highest BCUT2D eigenvalue weighted by atomic mass is 35.5. The number of hydrogen-bond donors (Lipinski definition) is 0. The van der Waals surface area contributed by atoms with Crippen LogP contribution in [0.5, 0.6) is 0 Å². The molecule has 1 aromatic rings. The molecule has 15 heavy (non-hydrogen) atoms. The summed E-state index contributed by atoms with van der Waals surface area (Å²) in [4.78, 5) is 10.7. The molecule has 0 amide bonds. The van der Waals surface area contributed by atoms with Crippen molar-refractivity contribution in [2.45, 2.75) is 0 Å². The fraction of sp³-hybridized carbons (Fsp3) is 0.182. The van der Waals surface area contributed by atoms with E-state index in [1.54, 1.807) is 18.2 Å². The summed E-state index contributed by atoms with van der Waals surface area (Å²) >= 11 is 11.0. The minimum Gasteiger partial charge on any atom is -0.461 e. The minimum absolute atomic E-state index is 0.116. The largest absolute Gasteiger partial charge is 0.461 e. The van der Waals surface area contributed by atoms with E-state index in [0.29, 0.717) is 5.02 Å². The molecule has 0 unspecified atom stereocenters. The second kappa shape index (κ2) is 6.49. The Bertz CT molecular complexity index is 344. The molecule has 1 aromatic carbocycles. The molecule has 0 heterocycles. The lowest BCUT2D eigenvalue weighted by molar-refractivity contribution is -0.139. The van der Waals surface area contributed by atoms with Crippen LogP contribution in [0.4, 0.5) is 0 Å². The average molecular weight is 245 g/mol. The maximum absolute atomic E-state index is 10.7. The van der Waals surface area contributed by atoms with Gasteiger partial charge in [-0.1, -0.05) is 29.8 Å². The number of hydrogen-bond acceptors (Lipinski definition) is 2. The molecule has 0 fully saturated rings. The molecule has 0 atom stereocenters. The summed E-state index contributed by atoms with van der Waals surface area (Å²) in [6, 6.07) is 7.35. The van der Waals surface area contributed by atoms with Crippen LogP contribution >= 0.6 is 23.2 Å². The van der Waals surface area contributed by atoms with Crippen LogP contribution in [-0.2, 0) is 9.53 Å². The number of halogens is 2. The third-order valence-electron chi connectivity index (χ3n) is 1.63. The first-order valence-electron chi connectivity index (χ1n) is 4.36. The Hall–Kier alpha value is -0.990. The highest BCUT2D eigenvalue weighted by Crippen LogP contribution is 2.10. The number of benzene rings is 1. The molecular weight excluding hydrogens is 235 g/mol. The van der Waals surface area contributed by atoms with E-state index in [0.717, 1.165) is 5.56 Å². The molecule has 0 saturated heterocycles. The van der Waals surface area contributed by atoms with E-state index >= 15 is 0 Å². The van der Waals surface area contributed by atoms with Gasteiger partial charge in [-0.15, -0.1) is 11.6 Å². The molecule has 80 valence electrons. The van der Waals surface area contributed by atoms with Gasteiger partial charge in [0, 0.05) is 5.02 Å². The first-order chi connectivity index (χ1) is 7.22. The van der Waals surface area contributed by atoms with Gasteiger partial charge >= 0.3 is 5.97 Å². The summed E-state index contributed by atoms with van der Waals surface area (Å²) in [7, 11) is 0. The molecule has 0 aliphatic heterocycles. The second-order valence-electron chi connectivity index (χ2n) is 2.77. The van der Waals surface area contributed by atoms with Crippen molar-refractivity contribution in [3.8, 4) is 0 Å². The first kappa shape index (κ1) is 12.1. The van der Waals surface area contributed by atoms with Gasteiger partial charge in [0.05, 0.1) is 0 Å². The monoisotopic (exact) mass is 244 g/mol. The molecule has 0 saturated carbocycles. The molecule has 0 bridgehead atoms. The summed E-state index contributed by atoms with van der Waals surface area (Å²) in [6.07, 6.45) is 3.59. The van der Waals surface area contributed by atoms with Crippen molar-refractivity contribution in [1.29, 1.82) is 0 Å². The Balaban J connectivity index is 2.38. The van der Waals surface area contributed by atoms with Crippen LogP contribution in [0.2, 0.25) is 5.02 Å². The Morgan fingerprint density at radius 2 is 2.00 bits per heavy atom. The smallest absolute Gasteiger partial charge is 0.321 e. The Labute approximate surface area is 98.4 Å². The van der Waals surface area contributed by atoms with E-state index < -0.39 is 5.97 Å². The lowest BCUT2D eigenvalue weighted by Gasteiger charge is -1.97. The van der Waals surface area contributed by atoms with E-state index in [9.17, 15) is 4.79 Å². The topological polar surface area (TPSA) is 26.3 Å². The van der Waals surface area contributed by atoms with Gasteiger partial charge in [-0.2, -0.15) is 0 Å². The summed E-state index contributed by atoms with van der Waals surface area (Å²) in [5.74, 6) is -0.535. The van der Waals surface area contributed by atoms with Gasteiger partial charge in [-0.25, -0.2) is 0 Å². The number of esters is 1. The summed E-state index contributed by atoms with van der Waals surface area (Å²) in [6.45, 7) is 0.230. The molecule has 0 spiro atoms. The lowest BCUT2D eigenvalue weighted by Crippen LogP contribution is -2.04. The minimum atomic E-state index is -0.419. The van der Waals surface area contributed by atoms with Gasteiger partial charge in [0.2, 0.25) is 0 Å². The molecular formula is C11H10Cl2O2. The zero-order chi connectivity index (χ0) is 11.1. The Morgan fingerprint density at radius 1 is 1.33 bits per heavy atom. The number of carbonyl (C=O) groups excluding carboxylic acids is 1. The zero-order valence-corrected chi connectivity index (χ0v) is 9.46. The Morgan fingerprint density at radius 3 is 2.60 bits per heavy atom. The predicted octanol–water partition coefficient (Wildman–Crippen LogP) is 3.14. The van der Waals surface area contributed by atoms with E-state index in [1.165, 1.54) is 0 Å². The van der Waals surface area contributed by atoms with Crippen LogP contribution in [0.25, 0.3) is 6.08 Å². The van der Waals surface area contributed by atoms with Gasteiger partial charge in [0.1, 0.15) is 12.5 Å². The van der Waals surface area contributed by atoms with Gasteiger partial charge in [0.15, 0.2) is 0 Å². The molecule has 4 heteroatoms. The first-order valence-corrected chi connectivity index (χ1v) is 5.27. The van der Waals surface area contributed by atoms with Crippen LogP contribution in [0.1, 0.15) is 5.56 Å². The van der Waals surface area contributed by atoms with Crippen molar-refractivity contribution in [1.82, 2.24) is 0 Å². The van der Waals surface area contributed by atoms with E-state index in [-0.39, 0.29) is 12.5 Å². The number of alkyl halides is 1. The fourth-order valence-corrected chi connectivity index (χ4v) is 1.14. The van der Waals surface area contributed by atoms with E-state index in [2.05, 4.69) is 0 Å². The quantitative estimate of drug-likeness (QED) is 0.601. The molecule has 2 nitrogen and oxygen atoms in total. The molecule has 1 rings (SSSR count). The number of rotatable bonds is 4. The van der Waals surface area contributed by atoms with Crippen molar-refractivity contribution in [3.63, 3.8) is 0 Å². The standard InChI is InChI=1S/C11H10Cl2O2/c12-8-11(14)15-7-1-2-9-3-5-10(13)6-4-9/h1-6H,7-8H2. The SMILES string of the molecule is O=C(CCl)OCC=Cc1ccc(Cl)cc1. The van der Waals surface area contributed by atoms with Crippen molar-refractivity contribution in [3.05, 3.63) is 40.9 Å². The van der Waals surface area contributed by atoms with Crippen LogP contribution < -0.4 is 0 Å². The molecule has 0 radical (unpaired) electrons. The van der Waals surface area contributed by atoms with Crippen LogP contribution in [0, 0.1) is 0 Å². The van der Waals surface area contributed by atoms with Gasteiger partial charge in [-0.3, -0.25) is 4.79 Å². The highest BCUT2D eigenvalue weighted by Gasteiger charge is 1.95. The third-order valence-corrected chi connectivity index (χ3v) is 2.10. The van der Waals surface area contributed by atoms with Crippen LogP contribution in [0.15, 0.2) is 30.3 Å². The van der Waals surface area contributed by atoms with Crippen molar-refractivity contribution < 1.29 is 9.53 Å². The predicted molar refractivity (Wildman–Crippen MR) is 62.2 cm³/mol. The maximum Gasteiger partial charge on any atom is 0.321 e. The number of carbonyl (C=O) groups is 1. The average Bonchev–Trinajstić information content (AvgIpc) is 2.26. The third kappa shape index (κ3) is 4.86. The van der Waals surface area contributed by atoms with Gasteiger partial charge in [-0.05, 0) is 23.8 Å². The van der Waals surface area contributed by atoms with Gasteiger partial charge < -0.3 is 4.74 Å². The number of ether oxygens (including phenoxy) is 1. The molecule has 0 aliphatic rings. The van der Waals surface area contributed by atoms with Crippen molar-refractivity contribution in [2.75, 3.05) is 12.5 Å². The van der Waals surface area contributed by atoms with Crippen LogP contribution in [-0.4, -0.2) is 18.5 Å². The normalized spacial score (nSPS) is 10.5. The Kier molecular flexibility index (Phi) is 5.22. The second-order valence-corrected chi connectivity index (χ2v) is 3.47. The summed E-state index contributed by atoms with van der Waals surface area (Å²) < 4.78 is 4.75. The van der Waals surface area contributed by atoms with Crippen LogP contribution in [0.3, 0.4) is 0 Å². The highest BCUT2D eigenvalue weighted by molar-refractivity contribution is 6.30. The fourth-order valence-electron chi connectivity index (χ4n) is 0.938. The molecule has 0 N–H and O–H groups in total. The van der Waals surface area contributed by atoms with Crippen molar-refractivity contribution in [2.24, 2.45) is 0 Å². The van der Waals surface area contributed by atoms with E-state index in [4.69, 9.17) is 27.9 Å². The van der Waals surface area contributed by atoms with Crippen molar-refractivity contribution >= 4 is 35.2 Å². The molecule has 0 aromatic heterocycles. The van der Waals surface area contributed by atoms with E-state index in [1.807, 2.05) is 18.2 Å². The molecule has 0 aliphatic carbocycles. The zero-order valence-electron chi connectivity index (χ0n) is 7.95. The summed E-state index contributed by atoms with van der Waals surface area (Å²) in [5.41, 5.74) is 1.00.